The molecule has 98 valence electrons. The minimum atomic E-state index is -3.25. The van der Waals surface area contributed by atoms with E-state index in [4.69, 9.17) is 25.4 Å². The molecule has 0 radical (unpaired) electrons. The highest BCUT2D eigenvalue weighted by atomic mass is 28.4. The Kier molecular flexibility index (Phi) is 9.04. The van der Waals surface area contributed by atoms with Crippen LogP contribution in [-0.2, 0) is 13.9 Å². The van der Waals surface area contributed by atoms with Crippen molar-refractivity contribution < 1.29 is 18.7 Å². The number of hydrogen-bond acceptors (Lipinski definition) is 6. The van der Waals surface area contributed by atoms with Crippen LogP contribution in [0.5, 0.6) is 0 Å². The van der Waals surface area contributed by atoms with Crippen LogP contribution in [0.1, 0.15) is 26.7 Å². The molecule has 0 fully saturated rings. The zero-order chi connectivity index (χ0) is 12.4. The monoisotopic (exact) mass is 252 g/mol. The molecule has 0 rings (SSSR count). The number of rotatable bonds is 10. The Morgan fingerprint density at radius 1 is 1.38 bits per heavy atom. The van der Waals surface area contributed by atoms with E-state index in [0.29, 0.717) is 25.6 Å². The van der Waals surface area contributed by atoms with Gasteiger partial charge in [0.15, 0.2) is 0 Å². The summed E-state index contributed by atoms with van der Waals surface area (Å²) < 4.78 is 10.3. The van der Waals surface area contributed by atoms with Gasteiger partial charge in [-0.15, -0.1) is 0 Å². The molecule has 0 heterocycles. The second kappa shape index (κ2) is 9.05. The van der Waals surface area contributed by atoms with Crippen molar-refractivity contribution >= 4 is 8.80 Å². The zero-order valence-corrected chi connectivity index (χ0v) is 11.1. The second-order valence-corrected chi connectivity index (χ2v) is 5.95. The van der Waals surface area contributed by atoms with Crippen molar-refractivity contribution in [2.75, 3.05) is 19.8 Å². The van der Waals surface area contributed by atoms with E-state index >= 15 is 0 Å². The SMILES string of the molecule is CCOO[Si](O)(CCCN)OCC(N)CC. The summed E-state index contributed by atoms with van der Waals surface area (Å²) in [7, 11) is -3.25. The van der Waals surface area contributed by atoms with E-state index in [1.807, 2.05) is 6.92 Å². The van der Waals surface area contributed by atoms with Crippen LogP contribution >= 0.6 is 0 Å². The Morgan fingerprint density at radius 3 is 2.56 bits per heavy atom. The number of nitrogens with two attached hydrogens (primary N) is 2. The average molecular weight is 252 g/mol. The van der Waals surface area contributed by atoms with Crippen LogP contribution in [-0.4, -0.2) is 39.4 Å². The normalized spacial score (nSPS) is 17.1. The first kappa shape index (κ1) is 16.0. The maximum Gasteiger partial charge on any atom is 0.527 e. The van der Waals surface area contributed by atoms with Gasteiger partial charge in [0.2, 0.25) is 0 Å². The lowest BCUT2D eigenvalue weighted by Gasteiger charge is -2.23. The van der Waals surface area contributed by atoms with Crippen molar-refractivity contribution in [1.29, 1.82) is 0 Å². The topological polar surface area (TPSA) is 100.0 Å². The van der Waals surface area contributed by atoms with E-state index in [1.165, 1.54) is 0 Å². The summed E-state index contributed by atoms with van der Waals surface area (Å²) in [5.74, 6) is 0. The summed E-state index contributed by atoms with van der Waals surface area (Å²) >= 11 is 0. The summed E-state index contributed by atoms with van der Waals surface area (Å²) in [6.07, 6.45) is 1.42. The molecule has 6 nitrogen and oxygen atoms in total. The molecule has 2 atom stereocenters. The molecule has 0 amide bonds. The molecule has 0 aliphatic rings. The van der Waals surface area contributed by atoms with Crippen LogP contribution in [0.3, 0.4) is 0 Å². The Morgan fingerprint density at radius 2 is 2.06 bits per heavy atom. The fourth-order valence-electron chi connectivity index (χ4n) is 0.969. The van der Waals surface area contributed by atoms with Gasteiger partial charge in [-0.25, -0.2) is 9.46 Å². The van der Waals surface area contributed by atoms with Crippen molar-refractivity contribution in [3.05, 3.63) is 0 Å². The van der Waals surface area contributed by atoms with Crippen molar-refractivity contribution in [3.63, 3.8) is 0 Å². The molecule has 0 aliphatic heterocycles. The first-order chi connectivity index (χ1) is 7.58. The van der Waals surface area contributed by atoms with Gasteiger partial charge in [-0.3, -0.25) is 0 Å². The van der Waals surface area contributed by atoms with Gasteiger partial charge in [0.1, 0.15) is 0 Å². The van der Waals surface area contributed by atoms with E-state index in [1.54, 1.807) is 6.92 Å². The lowest BCUT2D eigenvalue weighted by atomic mass is 10.3. The molecule has 0 aliphatic carbocycles. The highest BCUT2D eigenvalue weighted by molar-refractivity contribution is 6.58. The minimum Gasteiger partial charge on any atom is -0.388 e. The second-order valence-electron chi connectivity index (χ2n) is 3.57. The molecule has 7 heteroatoms. The fraction of sp³-hybridized carbons (Fsp3) is 1.00. The van der Waals surface area contributed by atoms with Crippen LogP contribution in [0.15, 0.2) is 0 Å². The van der Waals surface area contributed by atoms with E-state index < -0.39 is 8.80 Å². The average Bonchev–Trinajstić information content (AvgIpc) is 2.31. The van der Waals surface area contributed by atoms with E-state index in [9.17, 15) is 4.80 Å². The first-order valence-corrected chi connectivity index (χ1v) is 7.67. The lowest BCUT2D eigenvalue weighted by Crippen LogP contribution is -2.45. The van der Waals surface area contributed by atoms with Gasteiger partial charge < -0.3 is 20.7 Å². The van der Waals surface area contributed by atoms with Crippen molar-refractivity contribution in [2.24, 2.45) is 11.5 Å². The smallest absolute Gasteiger partial charge is 0.388 e. The van der Waals surface area contributed by atoms with Crippen LogP contribution in [0, 0.1) is 0 Å². The summed E-state index contributed by atoms with van der Waals surface area (Å²) in [5, 5.41) is 0. The van der Waals surface area contributed by atoms with E-state index in [2.05, 4.69) is 0 Å². The molecule has 0 saturated heterocycles. The maximum atomic E-state index is 10.1. The van der Waals surface area contributed by atoms with Crippen molar-refractivity contribution in [2.45, 2.75) is 38.8 Å². The van der Waals surface area contributed by atoms with E-state index in [0.717, 1.165) is 6.42 Å². The maximum absolute atomic E-state index is 10.1. The zero-order valence-electron chi connectivity index (χ0n) is 10.1. The molecule has 16 heavy (non-hydrogen) atoms. The van der Waals surface area contributed by atoms with Crippen LogP contribution < -0.4 is 11.5 Å². The third kappa shape index (κ3) is 7.28. The molecule has 0 saturated carbocycles. The van der Waals surface area contributed by atoms with Gasteiger partial charge in [-0.1, -0.05) is 6.92 Å². The lowest BCUT2D eigenvalue weighted by molar-refractivity contribution is -0.244. The Hall–Kier alpha value is -0.0231. The highest BCUT2D eigenvalue weighted by Crippen LogP contribution is 2.13. The molecule has 0 spiro atoms. The molecular weight excluding hydrogens is 228 g/mol. The molecular formula is C9H24N2O4Si. The molecule has 0 aromatic carbocycles. The Labute approximate surface area is 98.2 Å². The largest absolute Gasteiger partial charge is 0.527 e. The summed E-state index contributed by atoms with van der Waals surface area (Å²) in [6, 6.07) is 0.294. The van der Waals surface area contributed by atoms with Gasteiger partial charge in [-0.2, -0.15) is 0 Å². The van der Waals surface area contributed by atoms with Crippen LogP contribution in [0.4, 0.5) is 0 Å². The summed E-state index contributed by atoms with van der Waals surface area (Å²) in [5.41, 5.74) is 11.1. The summed E-state index contributed by atoms with van der Waals surface area (Å²) in [4.78, 5) is 14.8. The Balaban J connectivity index is 4.06. The summed E-state index contributed by atoms with van der Waals surface area (Å²) in [6.45, 7) is 4.85. The van der Waals surface area contributed by atoms with Crippen LogP contribution in [0.25, 0.3) is 0 Å². The third-order valence-electron chi connectivity index (χ3n) is 2.05. The van der Waals surface area contributed by atoms with Gasteiger partial charge in [0.05, 0.1) is 13.2 Å². The van der Waals surface area contributed by atoms with Gasteiger partial charge in [-0.05, 0) is 26.3 Å². The van der Waals surface area contributed by atoms with Crippen molar-refractivity contribution in [3.8, 4) is 0 Å². The first-order valence-electron chi connectivity index (χ1n) is 5.70. The molecule has 0 bridgehead atoms. The van der Waals surface area contributed by atoms with Gasteiger partial charge >= 0.3 is 8.80 Å². The fourth-order valence-corrected chi connectivity index (χ4v) is 2.67. The van der Waals surface area contributed by atoms with Gasteiger partial charge in [0.25, 0.3) is 0 Å². The molecule has 0 aromatic heterocycles. The van der Waals surface area contributed by atoms with Gasteiger partial charge in [0, 0.05) is 12.1 Å². The number of hydrogen-bond donors (Lipinski definition) is 3. The highest BCUT2D eigenvalue weighted by Gasteiger charge is 2.38. The standard InChI is InChI=1S/C9H24N2O4Si/c1-3-9(11)8-14-16(12,7-5-6-10)15-13-4-2/h9,12H,3-8,10-11H2,1-2H3. The molecule has 2 unspecified atom stereocenters. The Bertz CT molecular complexity index is 166. The van der Waals surface area contributed by atoms with Crippen LogP contribution in [0.2, 0.25) is 6.04 Å². The predicted octanol–water partition coefficient (Wildman–Crippen LogP) is -0.0116. The quantitative estimate of drug-likeness (QED) is 0.287. The third-order valence-corrected chi connectivity index (χ3v) is 4.03. The minimum absolute atomic E-state index is 0.0953. The molecule has 0 aromatic rings. The van der Waals surface area contributed by atoms with Crippen molar-refractivity contribution in [1.82, 2.24) is 0 Å². The molecule has 5 N–H and O–H groups in total. The predicted molar refractivity (Wildman–Crippen MR) is 63.4 cm³/mol. The van der Waals surface area contributed by atoms with E-state index in [-0.39, 0.29) is 12.6 Å².